The van der Waals surface area contributed by atoms with Crippen LogP contribution in [0.3, 0.4) is 0 Å². The van der Waals surface area contributed by atoms with E-state index in [-0.39, 0.29) is 48.8 Å². The van der Waals surface area contributed by atoms with Crippen molar-refractivity contribution in [3.63, 3.8) is 0 Å². The normalized spacial score (nSPS) is 23.7. The average molecular weight is 762 g/mol. The topological polar surface area (TPSA) is 176 Å². The Kier molecular flexibility index (Phi) is 15.3. The van der Waals surface area contributed by atoms with Crippen molar-refractivity contribution < 1.29 is 33.4 Å². The van der Waals surface area contributed by atoms with Gasteiger partial charge in [0.1, 0.15) is 36.2 Å². The molecule has 2 aromatic carbocycles. The van der Waals surface area contributed by atoms with E-state index in [2.05, 4.69) is 26.9 Å². The zero-order chi connectivity index (χ0) is 39.3. The summed E-state index contributed by atoms with van der Waals surface area (Å²) in [5.74, 6) is -0.999. The van der Waals surface area contributed by atoms with Gasteiger partial charge in [-0.2, -0.15) is 0 Å². The van der Waals surface area contributed by atoms with Crippen molar-refractivity contribution in [3.05, 3.63) is 59.7 Å². The standard InChI is InChI=1S/C41H59N7O7/c1-28(2)37-39(51)44-33(15-6-7-19-42)41(53)48-22-9-12-30(48)27-55-35-16-5-4-14-32(35)38(50)43-34(17-18-36(49)45-37)40(52)47-21-10-20-46(23-24-47)26-29-11-8-13-31(25-29)54-3/h4-5,8,11,13-14,16,25,28,30,33-34,37H,6-7,9-10,12,15,17-24,26-27,42H2,1-3H3,(H,43,50)(H,44,51)(H,45,49)/t30-,33+,34?,37-/m1/s1. The third-order valence-electron chi connectivity index (χ3n) is 10.8. The van der Waals surface area contributed by atoms with Crippen LogP contribution in [0.2, 0.25) is 0 Å². The van der Waals surface area contributed by atoms with Gasteiger partial charge < -0.3 is 41.0 Å². The van der Waals surface area contributed by atoms with Gasteiger partial charge in [0.25, 0.3) is 5.91 Å². The van der Waals surface area contributed by atoms with Gasteiger partial charge >= 0.3 is 0 Å². The molecule has 2 aromatic rings. The fourth-order valence-electron chi connectivity index (χ4n) is 7.63. The highest BCUT2D eigenvalue weighted by molar-refractivity contribution is 6.00. The number of benzene rings is 2. The maximum absolute atomic E-state index is 14.3. The first-order valence-corrected chi connectivity index (χ1v) is 19.8. The van der Waals surface area contributed by atoms with Crippen LogP contribution in [0.1, 0.15) is 81.1 Å². The van der Waals surface area contributed by atoms with Crippen LogP contribution in [-0.2, 0) is 25.7 Å². The van der Waals surface area contributed by atoms with Crippen molar-refractivity contribution in [1.82, 2.24) is 30.7 Å². The molecular formula is C41H59N7O7. The predicted octanol–water partition coefficient (Wildman–Crippen LogP) is 2.45. The molecule has 300 valence electrons. The van der Waals surface area contributed by atoms with Crippen LogP contribution in [0.5, 0.6) is 11.5 Å². The first-order valence-electron chi connectivity index (χ1n) is 19.8. The third kappa shape index (κ3) is 11.4. The number of nitrogens with two attached hydrogens (primary N) is 1. The molecule has 55 heavy (non-hydrogen) atoms. The summed E-state index contributed by atoms with van der Waals surface area (Å²) in [6, 6.07) is 11.8. The number of nitrogens with one attached hydrogen (secondary N) is 3. The molecule has 0 aliphatic carbocycles. The van der Waals surface area contributed by atoms with Gasteiger partial charge in [-0.05, 0) is 87.2 Å². The first kappa shape index (κ1) is 41.5. The molecule has 1 unspecified atom stereocenters. The molecule has 4 atom stereocenters. The molecule has 3 aliphatic rings. The van der Waals surface area contributed by atoms with Gasteiger partial charge in [-0.3, -0.25) is 28.9 Å². The number of carbonyl (C=O) groups excluding carboxylic acids is 5. The van der Waals surface area contributed by atoms with E-state index >= 15 is 0 Å². The van der Waals surface area contributed by atoms with Gasteiger partial charge in [-0.15, -0.1) is 0 Å². The molecule has 5 amide bonds. The Morgan fingerprint density at radius 2 is 1.75 bits per heavy atom. The van der Waals surface area contributed by atoms with E-state index in [0.29, 0.717) is 70.7 Å². The van der Waals surface area contributed by atoms with Crippen molar-refractivity contribution in [2.24, 2.45) is 11.7 Å². The number of fused-ring (bicyclic) bond motifs is 2. The maximum atomic E-state index is 14.3. The molecule has 2 fully saturated rings. The lowest BCUT2D eigenvalue weighted by molar-refractivity contribution is -0.139. The van der Waals surface area contributed by atoms with Crippen LogP contribution >= 0.6 is 0 Å². The molecular weight excluding hydrogens is 702 g/mol. The molecule has 0 saturated carbocycles. The van der Waals surface area contributed by atoms with Crippen molar-refractivity contribution >= 4 is 29.5 Å². The maximum Gasteiger partial charge on any atom is 0.255 e. The molecule has 14 nitrogen and oxygen atoms in total. The fourth-order valence-corrected chi connectivity index (χ4v) is 7.63. The van der Waals surface area contributed by atoms with E-state index in [9.17, 15) is 24.0 Å². The lowest BCUT2D eigenvalue weighted by atomic mass is 10.0. The van der Waals surface area contributed by atoms with Crippen LogP contribution < -0.4 is 31.2 Å². The number of rotatable bonds is 9. The van der Waals surface area contributed by atoms with Gasteiger partial charge in [0.15, 0.2) is 0 Å². The van der Waals surface area contributed by atoms with Crippen molar-refractivity contribution in [3.8, 4) is 11.5 Å². The van der Waals surface area contributed by atoms with E-state index in [1.54, 1.807) is 41.2 Å². The highest BCUT2D eigenvalue weighted by Gasteiger charge is 2.37. The Labute approximate surface area is 324 Å². The molecule has 0 bridgehead atoms. The third-order valence-corrected chi connectivity index (χ3v) is 10.8. The molecule has 0 radical (unpaired) electrons. The predicted molar refractivity (Wildman–Crippen MR) is 208 cm³/mol. The Balaban J connectivity index is 1.38. The smallest absolute Gasteiger partial charge is 0.255 e. The second kappa shape index (κ2) is 20.3. The molecule has 3 heterocycles. The second-order valence-corrected chi connectivity index (χ2v) is 15.1. The van der Waals surface area contributed by atoms with Crippen LogP contribution in [0.15, 0.2) is 48.5 Å². The Morgan fingerprint density at radius 1 is 0.927 bits per heavy atom. The fraction of sp³-hybridized carbons (Fsp3) is 0.585. The zero-order valence-electron chi connectivity index (χ0n) is 32.6. The van der Waals surface area contributed by atoms with Crippen LogP contribution in [0.4, 0.5) is 0 Å². The number of carbonyl (C=O) groups is 5. The summed E-state index contributed by atoms with van der Waals surface area (Å²) < 4.78 is 11.7. The SMILES string of the molecule is COc1cccc(CN2CCCN(C(=O)C3CCC(=O)N[C@H](C(C)C)C(=O)N[C@@H](CCCCN)C(=O)N4CCC[C@@H]4COc4ccccc4C(=O)N3)CC2)c1. The number of hydrogen-bond donors (Lipinski definition) is 4. The minimum absolute atomic E-state index is 0.0210. The molecule has 2 saturated heterocycles. The lowest BCUT2D eigenvalue weighted by Crippen LogP contribution is -2.57. The van der Waals surface area contributed by atoms with E-state index in [1.165, 1.54) is 0 Å². The quantitative estimate of drug-likeness (QED) is 0.280. The molecule has 0 aromatic heterocycles. The largest absolute Gasteiger partial charge is 0.497 e. The van der Waals surface area contributed by atoms with Crippen LogP contribution in [-0.4, -0.2) is 121 Å². The number of nitrogens with zero attached hydrogens (tertiary/aromatic N) is 3. The van der Waals surface area contributed by atoms with Crippen molar-refractivity contribution in [2.75, 3.05) is 53.0 Å². The highest BCUT2D eigenvalue weighted by Crippen LogP contribution is 2.25. The van der Waals surface area contributed by atoms with Crippen molar-refractivity contribution in [1.29, 1.82) is 0 Å². The number of para-hydroxylation sites is 1. The van der Waals surface area contributed by atoms with E-state index in [4.69, 9.17) is 15.2 Å². The summed E-state index contributed by atoms with van der Waals surface area (Å²) in [6.45, 7) is 7.91. The molecule has 5 N–H and O–H groups in total. The lowest BCUT2D eigenvalue weighted by Gasteiger charge is -2.31. The molecule has 0 spiro atoms. The van der Waals surface area contributed by atoms with Gasteiger partial charge in [0.05, 0.1) is 18.7 Å². The Hall–Kier alpha value is -4.69. The number of hydrogen-bond acceptors (Lipinski definition) is 9. The van der Waals surface area contributed by atoms with E-state index in [1.807, 2.05) is 32.0 Å². The average Bonchev–Trinajstić information content (AvgIpc) is 3.54. The zero-order valence-corrected chi connectivity index (χ0v) is 32.6. The minimum Gasteiger partial charge on any atom is -0.497 e. The highest BCUT2D eigenvalue weighted by atomic mass is 16.5. The summed E-state index contributed by atoms with van der Waals surface area (Å²) in [5.41, 5.74) is 7.13. The van der Waals surface area contributed by atoms with Gasteiger partial charge in [0, 0.05) is 45.7 Å². The van der Waals surface area contributed by atoms with Crippen LogP contribution in [0, 0.1) is 5.92 Å². The van der Waals surface area contributed by atoms with Crippen LogP contribution in [0.25, 0.3) is 0 Å². The summed E-state index contributed by atoms with van der Waals surface area (Å²) in [5, 5.41) is 8.76. The van der Waals surface area contributed by atoms with E-state index < -0.39 is 35.8 Å². The molecule has 5 rings (SSSR count). The number of amides is 5. The monoisotopic (exact) mass is 761 g/mol. The van der Waals surface area contributed by atoms with E-state index in [0.717, 1.165) is 30.7 Å². The van der Waals surface area contributed by atoms with Gasteiger partial charge in [0.2, 0.25) is 23.6 Å². The summed E-state index contributed by atoms with van der Waals surface area (Å²) in [4.78, 5) is 75.4. The van der Waals surface area contributed by atoms with Gasteiger partial charge in [-0.1, -0.05) is 38.1 Å². The summed E-state index contributed by atoms with van der Waals surface area (Å²) >= 11 is 0. The number of methoxy groups -OCH3 is 1. The summed E-state index contributed by atoms with van der Waals surface area (Å²) in [6.07, 6.45) is 3.89. The first-order chi connectivity index (χ1) is 26.6. The molecule has 14 heteroatoms. The molecule has 3 aliphatic heterocycles. The Morgan fingerprint density at radius 3 is 2.53 bits per heavy atom. The minimum atomic E-state index is -1.00. The number of ether oxygens (including phenoxy) is 2. The second-order valence-electron chi connectivity index (χ2n) is 15.1. The number of unbranched alkanes of at least 4 members (excludes halogenated alkanes) is 1. The summed E-state index contributed by atoms with van der Waals surface area (Å²) in [7, 11) is 1.64. The van der Waals surface area contributed by atoms with Gasteiger partial charge in [-0.25, -0.2) is 0 Å². The Bertz CT molecular complexity index is 1640. The van der Waals surface area contributed by atoms with Crippen molar-refractivity contribution in [2.45, 2.75) is 95.9 Å².